The molecule has 0 aliphatic heterocycles. The van der Waals surface area contributed by atoms with E-state index in [0.717, 1.165) is 19.5 Å². The van der Waals surface area contributed by atoms with Gasteiger partial charge < -0.3 is 20.3 Å². The molecule has 2 amide bonds. The molecule has 0 heterocycles. The second-order valence-corrected chi connectivity index (χ2v) is 26.7. The van der Waals surface area contributed by atoms with Gasteiger partial charge in [-0.1, -0.05) is 0 Å². The molecule has 0 fully saturated rings. The van der Waals surface area contributed by atoms with E-state index in [2.05, 4.69) is 61.0 Å². The summed E-state index contributed by atoms with van der Waals surface area (Å²) in [5.74, 6) is -3.12. The van der Waals surface area contributed by atoms with Crippen LogP contribution in [0.2, 0.25) is 13.3 Å². The first-order valence-electron chi connectivity index (χ1n) is 17.3. The second-order valence-electron chi connectivity index (χ2n) is 13.5. The van der Waals surface area contributed by atoms with Crippen molar-refractivity contribution >= 4 is 45.9 Å². The Kier molecular flexibility index (Phi) is 20.2. The van der Waals surface area contributed by atoms with E-state index in [1.165, 1.54) is 57.4 Å². The predicted octanol–water partition coefficient (Wildman–Crippen LogP) is 6.33. The minimum atomic E-state index is -2.44. The molecule has 2 unspecified atom stereocenters. The van der Waals surface area contributed by atoms with Gasteiger partial charge in [0, 0.05) is 6.42 Å². The number of benzene rings is 1. The van der Waals surface area contributed by atoms with E-state index in [9.17, 15) is 24.3 Å². The normalized spacial score (nSPS) is 13.1. The van der Waals surface area contributed by atoms with Gasteiger partial charge in [0.05, 0.1) is 0 Å². The van der Waals surface area contributed by atoms with Crippen molar-refractivity contribution < 1.29 is 34.1 Å². The number of ether oxygens (including phenoxy) is 1. The van der Waals surface area contributed by atoms with E-state index in [4.69, 9.17) is 9.84 Å². The van der Waals surface area contributed by atoms with Crippen LogP contribution < -0.4 is 19.5 Å². The molecular weight excluding hydrogens is 693 g/mol. The molecule has 1 rings (SSSR count). The summed E-state index contributed by atoms with van der Waals surface area (Å²) in [5.41, 5.74) is 0.493. The van der Waals surface area contributed by atoms with Crippen molar-refractivity contribution in [2.45, 2.75) is 150 Å². The van der Waals surface area contributed by atoms with Crippen LogP contribution >= 0.6 is 0 Å². The fourth-order valence-electron chi connectivity index (χ4n) is 5.67. The van der Waals surface area contributed by atoms with Crippen molar-refractivity contribution in [3.8, 4) is 0 Å². The first-order chi connectivity index (χ1) is 21.8. The molecule has 0 aromatic heterocycles. The third kappa shape index (κ3) is 17.0. The molecular formula is C35H61N3O7Sn. The van der Waals surface area contributed by atoms with Crippen LogP contribution in [0.25, 0.3) is 0 Å². The van der Waals surface area contributed by atoms with Gasteiger partial charge in [0.15, 0.2) is 0 Å². The topological polar surface area (TPSA) is 154 Å². The fraction of sp³-hybridized carbons (Fsp3) is 0.714. The molecule has 46 heavy (non-hydrogen) atoms. The van der Waals surface area contributed by atoms with Crippen molar-refractivity contribution in [3.05, 3.63) is 29.8 Å². The number of esters is 1. The summed E-state index contributed by atoms with van der Waals surface area (Å²) in [6, 6.07) is 6.21. The van der Waals surface area contributed by atoms with Gasteiger partial charge in [-0.3, -0.25) is 4.79 Å². The number of carbonyl (C=O) groups is 4. The van der Waals surface area contributed by atoms with Crippen LogP contribution in [0.3, 0.4) is 0 Å². The third-order valence-corrected chi connectivity index (χ3v) is 23.9. The summed E-state index contributed by atoms with van der Waals surface area (Å²) in [4.78, 5) is 47.7. The van der Waals surface area contributed by atoms with Crippen molar-refractivity contribution in [3.63, 3.8) is 0 Å². The van der Waals surface area contributed by atoms with Crippen molar-refractivity contribution in [1.82, 2.24) is 16.0 Å². The van der Waals surface area contributed by atoms with Crippen LogP contribution in [-0.4, -0.2) is 76.8 Å². The summed E-state index contributed by atoms with van der Waals surface area (Å²) in [6.07, 6.45) is 8.85. The minimum absolute atomic E-state index is 0.274. The molecule has 262 valence electrons. The summed E-state index contributed by atoms with van der Waals surface area (Å²) in [6.45, 7) is 13.6. The molecule has 0 aliphatic carbocycles. The molecule has 0 saturated heterocycles. The number of carboxylic acids is 2. The molecule has 10 nitrogen and oxygen atoms in total. The van der Waals surface area contributed by atoms with Gasteiger partial charge in [-0.05, 0) is 27.2 Å². The number of hydrogen-bond donors (Lipinski definition) is 5. The van der Waals surface area contributed by atoms with Gasteiger partial charge >= 0.3 is 197 Å². The van der Waals surface area contributed by atoms with Gasteiger partial charge in [-0.15, -0.1) is 0 Å². The number of carboxylic acid groups (broad SMARTS) is 2. The third-order valence-electron chi connectivity index (χ3n) is 8.27. The predicted molar refractivity (Wildman–Crippen MR) is 186 cm³/mol. The van der Waals surface area contributed by atoms with E-state index in [1.54, 1.807) is 24.4 Å². The Bertz CT molecular complexity index is 1040. The van der Waals surface area contributed by atoms with Crippen LogP contribution in [0.1, 0.15) is 118 Å². The molecule has 0 spiro atoms. The Hall–Kier alpha value is -2.34. The summed E-state index contributed by atoms with van der Waals surface area (Å²) in [7, 11) is 0. The van der Waals surface area contributed by atoms with Crippen molar-refractivity contribution in [1.29, 1.82) is 0 Å². The molecule has 0 radical (unpaired) electrons. The first-order valence-corrected chi connectivity index (χ1v) is 24.8. The first kappa shape index (κ1) is 41.7. The maximum absolute atomic E-state index is 12.8. The molecule has 0 saturated carbocycles. The zero-order valence-electron chi connectivity index (χ0n) is 29.2. The summed E-state index contributed by atoms with van der Waals surface area (Å²) in [5, 5.41) is 26.5. The Labute approximate surface area is 281 Å². The number of urea groups is 1. The average molecular weight is 755 g/mol. The van der Waals surface area contributed by atoms with Crippen LogP contribution in [0, 0.1) is 0 Å². The SMILES string of the molecule is CCC[CH2][Sn]([CH2]CCC)([CH2]CCC)[c]1ccc(CNCCCCC(NC(=O)NC(CCC(=O)O)C(=O)O)C(=O)OC(C)(C)C)cc1. The maximum atomic E-state index is 12.8. The van der Waals surface area contributed by atoms with Gasteiger partial charge in [-0.25, -0.2) is 14.4 Å². The van der Waals surface area contributed by atoms with Gasteiger partial charge in [-0.2, -0.15) is 0 Å². The Balaban J connectivity index is 2.73. The Morgan fingerprint density at radius 3 is 1.80 bits per heavy atom. The van der Waals surface area contributed by atoms with E-state index >= 15 is 0 Å². The quantitative estimate of drug-likeness (QED) is 0.0467. The molecule has 1 aromatic rings. The molecule has 5 N–H and O–H groups in total. The van der Waals surface area contributed by atoms with Gasteiger partial charge in [0.25, 0.3) is 0 Å². The van der Waals surface area contributed by atoms with Crippen LogP contribution in [-0.2, 0) is 25.7 Å². The van der Waals surface area contributed by atoms with E-state index in [1.807, 2.05) is 0 Å². The molecule has 2 atom stereocenters. The number of amides is 2. The van der Waals surface area contributed by atoms with Crippen LogP contribution in [0.5, 0.6) is 0 Å². The van der Waals surface area contributed by atoms with Crippen LogP contribution in [0.15, 0.2) is 24.3 Å². The van der Waals surface area contributed by atoms with Gasteiger partial charge in [0.1, 0.15) is 11.6 Å². The number of aliphatic carboxylic acids is 2. The van der Waals surface area contributed by atoms with Crippen molar-refractivity contribution in [2.24, 2.45) is 0 Å². The Morgan fingerprint density at radius 2 is 1.33 bits per heavy atom. The average Bonchev–Trinajstić information content (AvgIpc) is 2.99. The number of nitrogens with one attached hydrogen (secondary N) is 3. The van der Waals surface area contributed by atoms with E-state index in [-0.39, 0.29) is 6.42 Å². The number of carbonyl (C=O) groups excluding carboxylic acids is 2. The fourth-order valence-corrected chi connectivity index (χ4v) is 21.6. The number of unbranched alkanes of at least 4 members (excludes halogenated alkanes) is 4. The summed E-state index contributed by atoms with van der Waals surface area (Å²) < 4.78 is 11.5. The molecule has 0 aliphatic rings. The number of rotatable bonds is 24. The van der Waals surface area contributed by atoms with Crippen LogP contribution in [0.4, 0.5) is 4.79 Å². The second kappa shape index (κ2) is 22.3. The molecule has 1 aromatic carbocycles. The van der Waals surface area contributed by atoms with E-state index in [0.29, 0.717) is 12.8 Å². The van der Waals surface area contributed by atoms with Crippen molar-refractivity contribution in [2.75, 3.05) is 6.54 Å². The zero-order valence-corrected chi connectivity index (χ0v) is 32.1. The standard InChI is InChI=1S/C23H34N3O7.3C4H9.Sn/c1-23(2,3)33-21(31)18(11-7-8-14-24-15-16-9-5-4-6-10-16)26-22(32)25-17(20(29)30)12-13-19(27)28;3*1-3-4-2;/h5-6,9-10,17-18,24H,7-8,11-15H2,1-3H3,(H,27,28)(H,29,30)(H2,25,26,32);3*1,3-4H2,2H3;. The van der Waals surface area contributed by atoms with E-state index < -0.39 is 66.4 Å². The Morgan fingerprint density at radius 1 is 0.783 bits per heavy atom. The van der Waals surface area contributed by atoms with Gasteiger partial charge in [0.2, 0.25) is 0 Å². The summed E-state index contributed by atoms with van der Waals surface area (Å²) >= 11 is -2.44. The zero-order chi connectivity index (χ0) is 34.6. The number of hydrogen-bond acceptors (Lipinski definition) is 6. The molecule has 0 bridgehead atoms. The monoisotopic (exact) mass is 755 g/mol. The molecule has 11 heteroatoms.